The van der Waals surface area contributed by atoms with Crippen LogP contribution in [0.15, 0.2) is 40.9 Å². The molecule has 0 bridgehead atoms. The molecule has 2 rings (SSSR count). The van der Waals surface area contributed by atoms with Gasteiger partial charge < -0.3 is 5.32 Å². The second-order valence-electron chi connectivity index (χ2n) is 4.30. The van der Waals surface area contributed by atoms with Gasteiger partial charge in [-0.1, -0.05) is 22.0 Å². The Kier molecular flexibility index (Phi) is 4.18. The van der Waals surface area contributed by atoms with E-state index in [1.807, 2.05) is 31.2 Å². The van der Waals surface area contributed by atoms with Crippen LogP contribution in [0.3, 0.4) is 0 Å². The molecule has 2 nitrogen and oxygen atoms in total. The molecule has 0 fully saturated rings. The molecule has 0 radical (unpaired) electrons. The molecule has 1 N–H and O–H groups in total. The zero-order valence-electron chi connectivity index (χ0n) is 10.4. The van der Waals surface area contributed by atoms with Crippen LogP contribution in [0.5, 0.6) is 0 Å². The maximum atomic E-state index is 13.2. The molecule has 96 valence electrons. The van der Waals surface area contributed by atoms with Crippen LogP contribution < -0.4 is 5.32 Å². The van der Waals surface area contributed by atoms with E-state index in [2.05, 4.69) is 21.2 Å². The number of halogens is 2. The Labute approximate surface area is 120 Å². The highest BCUT2D eigenvalue weighted by atomic mass is 79.9. The van der Waals surface area contributed by atoms with Crippen molar-refractivity contribution in [3.63, 3.8) is 0 Å². The fourth-order valence-corrected chi connectivity index (χ4v) is 2.42. The van der Waals surface area contributed by atoms with Gasteiger partial charge in [0.15, 0.2) is 0 Å². The number of hydrogen-bond donors (Lipinski definition) is 1. The number of hydrogen-bond acceptors (Lipinski definition) is 2. The monoisotopic (exact) mass is 318 g/mol. The summed E-state index contributed by atoms with van der Waals surface area (Å²) in [6.45, 7) is 2.56. The highest BCUT2D eigenvalue weighted by Crippen LogP contribution is 2.20. The number of nitrogens with zero attached hydrogens (tertiary/aromatic N) is 1. The van der Waals surface area contributed by atoms with Gasteiger partial charge in [-0.3, -0.25) is 0 Å². The first-order valence-electron chi connectivity index (χ1n) is 5.78. The molecule has 0 spiro atoms. The van der Waals surface area contributed by atoms with Gasteiger partial charge in [0.05, 0.1) is 5.56 Å². The van der Waals surface area contributed by atoms with Crippen LogP contribution in [0.2, 0.25) is 0 Å². The molecule has 0 saturated heterocycles. The second kappa shape index (κ2) is 5.85. The Balaban J connectivity index is 2.12. The van der Waals surface area contributed by atoms with Crippen LogP contribution in [0.1, 0.15) is 16.7 Å². The molecule has 0 aromatic heterocycles. The third kappa shape index (κ3) is 3.55. The fraction of sp³-hybridized carbons (Fsp3) is 0.133. The van der Waals surface area contributed by atoms with E-state index in [1.165, 1.54) is 6.07 Å². The molecule has 0 aliphatic heterocycles. The van der Waals surface area contributed by atoms with E-state index in [-0.39, 0.29) is 5.56 Å². The molecular weight excluding hydrogens is 307 g/mol. The van der Waals surface area contributed by atoms with Gasteiger partial charge >= 0.3 is 0 Å². The summed E-state index contributed by atoms with van der Waals surface area (Å²) in [4.78, 5) is 0. The lowest BCUT2D eigenvalue weighted by Gasteiger charge is -2.08. The minimum Gasteiger partial charge on any atom is -0.381 e. The molecule has 0 aliphatic carbocycles. The largest absolute Gasteiger partial charge is 0.381 e. The van der Waals surface area contributed by atoms with E-state index in [4.69, 9.17) is 5.26 Å². The Hall–Kier alpha value is -1.86. The molecule has 0 aliphatic rings. The summed E-state index contributed by atoms with van der Waals surface area (Å²) < 4.78 is 14.2. The summed E-state index contributed by atoms with van der Waals surface area (Å²) in [5.41, 5.74) is 3.07. The zero-order valence-corrected chi connectivity index (χ0v) is 12.0. The Bertz CT molecular complexity index is 627. The van der Waals surface area contributed by atoms with Gasteiger partial charge in [-0.15, -0.1) is 0 Å². The van der Waals surface area contributed by atoms with E-state index in [0.717, 1.165) is 21.3 Å². The Morgan fingerprint density at radius 1 is 1.26 bits per heavy atom. The van der Waals surface area contributed by atoms with Gasteiger partial charge in [-0.2, -0.15) is 5.26 Å². The van der Waals surface area contributed by atoms with E-state index in [1.54, 1.807) is 12.1 Å². The van der Waals surface area contributed by atoms with Crippen molar-refractivity contribution in [1.29, 1.82) is 5.26 Å². The lowest BCUT2D eigenvalue weighted by molar-refractivity contribution is 0.623. The maximum Gasteiger partial charge on any atom is 0.140 e. The lowest BCUT2D eigenvalue weighted by atomic mass is 10.1. The normalized spacial score (nSPS) is 10.0. The smallest absolute Gasteiger partial charge is 0.140 e. The van der Waals surface area contributed by atoms with E-state index < -0.39 is 5.82 Å². The van der Waals surface area contributed by atoms with Crippen molar-refractivity contribution in [2.75, 3.05) is 5.32 Å². The summed E-state index contributed by atoms with van der Waals surface area (Å²) in [6.07, 6.45) is 0. The Morgan fingerprint density at radius 2 is 2.05 bits per heavy atom. The van der Waals surface area contributed by atoms with Gasteiger partial charge in [0.1, 0.15) is 11.9 Å². The molecule has 0 heterocycles. The number of rotatable bonds is 3. The van der Waals surface area contributed by atoms with Crippen molar-refractivity contribution in [2.45, 2.75) is 13.5 Å². The van der Waals surface area contributed by atoms with Gasteiger partial charge in [0.2, 0.25) is 0 Å². The van der Waals surface area contributed by atoms with Crippen molar-refractivity contribution in [1.82, 2.24) is 0 Å². The third-order valence-corrected chi connectivity index (χ3v) is 3.15. The van der Waals surface area contributed by atoms with Crippen LogP contribution in [-0.2, 0) is 6.54 Å². The fourth-order valence-electron chi connectivity index (χ4n) is 1.81. The highest BCUT2D eigenvalue weighted by molar-refractivity contribution is 9.10. The summed E-state index contributed by atoms with van der Waals surface area (Å²) in [6, 6.07) is 12.4. The zero-order chi connectivity index (χ0) is 13.8. The average Bonchev–Trinajstić information content (AvgIpc) is 2.36. The van der Waals surface area contributed by atoms with Gasteiger partial charge in [-0.25, -0.2) is 4.39 Å². The summed E-state index contributed by atoms with van der Waals surface area (Å²) in [5, 5.41) is 12.0. The second-order valence-corrected chi connectivity index (χ2v) is 5.21. The topological polar surface area (TPSA) is 35.8 Å². The van der Waals surface area contributed by atoms with Crippen molar-refractivity contribution < 1.29 is 4.39 Å². The Morgan fingerprint density at radius 3 is 2.74 bits per heavy atom. The molecular formula is C15H12BrFN2. The highest BCUT2D eigenvalue weighted by Gasteiger charge is 2.03. The molecule has 4 heteroatoms. The summed E-state index contributed by atoms with van der Waals surface area (Å²) in [5.74, 6) is -0.482. The summed E-state index contributed by atoms with van der Waals surface area (Å²) in [7, 11) is 0. The SMILES string of the molecule is Cc1cc(Br)cc(NCc2ccc(F)c(C#N)c2)c1. The molecule has 2 aromatic carbocycles. The van der Waals surface area contributed by atoms with Crippen molar-refractivity contribution in [3.8, 4) is 6.07 Å². The van der Waals surface area contributed by atoms with Crippen LogP contribution in [0, 0.1) is 24.1 Å². The first-order valence-corrected chi connectivity index (χ1v) is 6.57. The van der Waals surface area contributed by atoms with E-state index in [0.29, 0.717) is 6.54 Å². The van der Waals surface area contributed by atoms with Crippen LogP contribution in [0.4, 0.5) is 10.1 Å². The van der Waals surface area contributed by atoms with E-state index >= 15 is 0 Å². The molecule has 0 amide bonds. The van der Waals surface area contributed by atoms with Gasteiger partial charge in [-0.05, 0) is 48.4 Å². The van der Waals surface area contributed by atoms with Crippen molar-refractivity contribution in [3.05, 3.63) is 63.4 Å². The van der Waals surface area contributed by atoms with Gasteiger partial charge in [0, 0.05) is 16.7 Å². The molecule has 0 unspecified atom stereocenters. The molecule has 0 atom stereocenters. The number of nitriles is 1. The number of benzene rings is 2. The molecule has 2 aromatic rings. The van der Waals surface area contributed by atoms with Crippen LogP contribution in [-0.4, -0.2) is 0 Å². The third-order valence-electron chi connectivity index (χ3n) is 2.69. The minimum absolute atomic E-state index is 0.0738. The number of nitrogens with one attached hydrogen (secondary N) is 1. The van der Waals surface area contributed by atoms with Gasteiger partial charge in [0.25, 0.3) is 0 Å². The summed E-state index contributed by atoms with van der Waals surface area (Å²) >= 11 is 3.44. The van der Waals surface area contributed by atoms with Crippen molar-refractivity contribution >= 4 is 21.6 Å². The molecule has 0 saturated carbocycles. The van der Waals surface area contributed by atoms with E-state index in [9.17, 15) is 4.39 Å². The van der Waals surface area contributed by atoms with Crippen molar-refractivity contribution in [2.24, 2.45) is 0 Å². The van der Waals surface area contributed by atoms with Crippen LogP contribution in [0.25, 0.3) is 0 Å². The van der Waals surface area contributed by atoms with Crippen LogP contribution >= 0.6 is 15.9 Å². The lowest BCUT2D eigenvalue weighted by Crippen LogP contribution is -2.00. The average molecular weight is 319 g/mol. The first kappa shape index (κ1) is 13.6. The molecule has 19 heavy (non-hydrogen) atoms. The minimum atomic E-state index is -0.482. The number of anilines is 1. The first-order chi connectivity index (χ1) is 9.08. The quantitative estimate of drug-likeness (QED) is 0.911. The standard InChI is InChI=1S/C15H12BrFN2/c1-10-4-13(16)7-14(5-10)19-9-11-2-3-15(17)12(6-11)8-18/h2-7,19H,9H2,1H3. The maximum absolute atomic E-state index is 13.2. The predicted molar refractivity (Wildman–Crippen MR) is 77.3 cm³/mol. The predicted octanol–water partition coefficient (Wildman–Crippen LogP) is 4.38. The number of aryl methyl sites for hydroxylation is 1.